The Bertz CT molecular complexity index is 1420. The minimum atomic E-state index is -0.968. The molecule has 3 atom stereocenters. The summed E-state index contributed by atoms with van der Waals surface area (Å²) < 4.78 is 21.5. The fourth-order valence-corrected chi connectivity index (χ4v) is 6.03. The number of ether oxygens (including phenoxy) is 4. The van der Waals surface area contributed by atoms with Crippen LogP contribution in [0.3, 0.4) is 0 Å². The van der Waals surface area contributed by atoms with E-state index >= 15 is 0 Å². The fourth-order valence-electron chi connectivity index (χ4n) is 5.22. The van der Waals surface area contributed by atoms with Gasteiger partial charge in [0.05, 0.1) is 55.2 Å². The molecule has 278 valence electrons. The SMILES string of the molecule is Cc1ncsc1-c1ccc(N(C)C(=O)[C@@H]2C[C@@H](O)CN2C(=O)[C@@H](NC(=O)COCCOCCOCCNC(=O)OC(C)(C)C)C(C)(C)C)cc1. The summed E-state index contributed by atoms with van der Waals surface area (Å²) in [6.45, 7) is 14.1. The highest BCUT2D eigenvalue weighted by atomic mass is 32.1. The first-order chi connectivity index (χ1) is 23.5. The molecule has 0 unspecified atom stereocenters. The molecule has 0 bridgehead atoms. The number of carbonyl (C=O) groups excluding carboxylic acids is 4. The Morgan fingerprint density at radius 1 is 1.00 bits per heavy atom. The van der Waals surface area contributed by atoms with Gasteiger partial charge in [-0.1, -0.05) is 32.9 Å². The number of thiazole rings is 1. The van der Waals surface area contributed by atoms with E-state index in [4.69, 9.17) is 18.9 Å². The normalized spacial score (nSPS) is 16.9. The van der Waals surface area contributed by atoms with Crippen molar-refractivity contribution in [2.45, 2.75) is 78.7 Å². The van der Waals surface area contributed by atoms with Gasteiger partial charge in [0.15, 0.2) is 0 Å². The molecule has 15 heteroatoms. The summed E-state index contributed by atoms with van der Waals surface area (Å²) in [5.41, 5.74) is 3.11. The van der Waals surface area contributed by atoms with Gasteiger partial charge >= 0.3 is 6.09 Å². The maximum Gasteiger partial charge on any atom is 0.407 e. The number of anilines is 1. The van der Waals surface area contributed by atoms with Crippen LogP contribution in [0.15, 0.2) is 29.8 Å². The van der Waals surface area contributed by atoms with Crippen LogP contribution < -0.4 is 15.5 Å². The Morgan fingerprint density at radius 3 is 2.20 bits per heavy atom. The molecule has 4 amide bonds. The number of aliphatic hydroxyl groups is 1. The highest BCUT2D eigenvalue weighted by Gasteiger charge is 2.45. The van der Waals surface area contributed by atoms with Gasteiger partial charge in [-0.2, -0.15) is 0 Å². The molecule has 14 nitrogen and oxygen atoms in total. The zero-order chi connectivity index (χ0) is 37.1. The van der Waals surface area contributed by atoms with Gasteiger partial charge in [0, 0.05) is 32.2 Å². The Morgan fingerprint density at radius 2 is 1.62 bits per heavy atom. The van der Waals surface area contributed by atoms with Gasteiger partial charge in [-0.15, -0.1) is 11.3 Å². The number of amides is 4. The van der Waals surface area contributed by atoms with E-state index in [1.807, 2.05) is 52.0 Å². The molecule has 50 heavy (non-hydrogen) atoms. The van der Waals surface area contributed by atoms with Crippen LogP contribution in [0.4, 0.5) is 10.5 Å². The summed E-state index contributed by atoms with van der Waals surface area (Å²) in [6.07, 6.45) is -1.29. The van der Waals surface area contributed by atoms with E-state index in [2.05, 4.69) is 15.6 Å². The Balaban J connectivity index is 1.44. The Labute approximate surface area is 298 Å². The van der Waals surface area contributed by atoms with Crippen molar-refractivity contribution in [2.75, 3.05) is 64.7 Å². The molecule has 2 aromatic rings. The summed E-state index contributed by atoms with van der Waals surface area (Å²) in [4.78, 5) is 60.3. The summed E-state index contributed by atoms with van der Waals surface area (Å²) in [5, 5.41) is 15.9. The third-order valence-electron chi connectivity index (χ3n) is 7.75. The molecule has 1 aliphatic heterocycles. The van der Waals surface area contributed by atoms with Crippen LogP contribution in [0.5, 0.6) is 0 Å². The summed E-state index contributed by atoms with van der Waals surface area (Å²) in [7, 11) is 1.65. The first kappa shape index (κ1) is 40.8. The number of aromatic nitrogens is 1. The number of alkyl carbamates (subject to hydrolysis) is 1. The molecular formula is C35H53N5O9S. The quantitative estimate of drug-likeness (QED) is 0.219. The van der Waals surface area contributed by atoms with Gasteiger partial charge in [0.25, 0.3) is 0 Å². The fraction of sp³-hybridized carbons (Fsp3) is 0.629. The van der Waals surface area contributed by atoms with Crippen molar-refractivity contribution in [3.63, 3.8) is 0 Å². The molecule has 3 rings (SSSR count). The van der Waals surface area contributed by atoms with Crippen molar-refractivity contribution in [1.29, 1.82) is 0 Å². The number of hydrogen-bond donors (Lipinski definition) is 3. The average Bonchev–Trinajstić information content (AvgIpc) is 3.65. The van der Waals surface area contributed by atoms with Crippen molar-refractivity contribution in [3.05, 3.63) is 35.5 Å². The number of nitrogens with one attached hydrogen (secondary N) is 2. The Kier molecular flexibility index (Phi) is 15.1. The van der Waals surface area contributed by atoms with Crippen LogP contribution in [0.2, 0.25) is 0 Å². The van der Waals surface area contributed by atoms with E-state index in [1.54, 1.807) is 44.7 Å². The minimum Gasteiger partial charge on any atom is -0.444 e. The molecule has 0 aliphatic carbocycles. The highest BCUT2D eigenvalue weighted by Crippen LogP contribution is 2.31. The van der Waals surface area contributed by atoms with Gasteiger partial charge in [0.2, 0.25) is 17.7 Å². The maximum atomic E-state index is 13.9. The second-order valence-corrected chi connectivity index (χ2v) is 15.0. The number of likely N-dealkylation sites (tertiary alicyclic amines) is 1. The number of likely N-dealkylation sites (N-methyl/N-ethyl adjacent to an activating group) is 1. The van der Waals surface area contributed by atoms with Crippen LogP contribution >= 0.6 is 11.3 Å². The maximum absolute atomic E-state index is 13.9. The number of aliphatic hydroxyl groups excluding tert-OH is 1. The number of benzene rings is 1. The highest BCUT2D eigenvalue weighted by molar-refractivity contribution is 7.13. The molecule has 1 aromatic heterocycles. The van der Waals surface area contributed by atoms with Gasteiger partial charge in [0.1, 0.15) is 24.3 Å². The minimum absolute atomic E-state index is 0.0209. The molecule has 3 N–H and O–H groups in total. The number of carbonyl (C=O) groups is 4. The van der Waals surface area contributed by atoms with Crippen molar-refractivity contribution < 1.29 is 43.2 Å². The van der Waals surface area contributed by atoms with E-state index in [0.29, 0.717) is 32.1 Å². The molecule has 1 aliphatic rings. The molecule has 2 heterocycles. The monoisotopic (exact) mass is 719 g/mol. The smallest absolute Gasteiger partial charge is 0.407 e. The van der Waals surface area contributed by atoms with Crippen LogP contribution in [0, 0.1) is 12.3 Å². The first-order valence-corrected chi connectivity index (χ1v) is 17.6. The molecular weight excluding hydrogens is 666 g/mol. The molecule has 1 aromatic carbocycles. The number of aryl methyl sites for hydroxylation is 1. The second-order valence-electron chi connectivity index (χ2n) is 14.2. The number of nitrogens with zero attached hydrogens (tertiary/aromatic N) is 3. The zero-order valence-electron chi connectivity index (χ0n) is 30.4. The molecule has 1 saturated heterocycles. The lowest BCUT2D eigenvalue weighted by Gasteiger charge is -2.36. The van der Waals surface area contributed by atoms with Crippen molar-refractivity contribution in [2.24, 2.45) is 5.41 Å². The lowest BCUT2D eigenvalue weighted by molar-refractivity contribution is -0.144. The van der Waals surface area contributed by atoms with Crippen molar-refractivity contribution in [3.8, 4) is 10.4 Å². The lowest BCUT2D eigenvalue weighted by atomic mass is 9.85. The Hall–Kier alpha value is -3.63. The van der Waals surface area contributed by atoms with E-state index in [1.165, 1.54) is 9.80 Å². The topological polar surface area (TPSA) is 169 Å². The number of hydrogen-bond acceptors (Lipinski definition) is 11. The van der Waals surface area contributed by atoms with E-state index in [-0.39, 0.29) is 38.7 Å². The van der Waals surface area contributed by atoms with Crippen molar-refractivity contribution in [1.82, 2.24) is 20.5 Å². The van der Waals surface area contributed by atoms with Crippen molar-refractivity contribution >= 4 is 40.8 Å². The van der Waals surface area contributed by atoms with Gasteiger partial charge in [-0.05, 0) is 50.8 Å². The van der Waals surface area contributed by atoms with Gasteiger partial charge in [-0.3, -0.25) is 14.4 Å². The predicted octanol–water partition coefficient (Wildman–Crippen LogP) is 3.15. The lowest BCUT2D eigenvalue weighted by Crippen LogP contribution is -2.58. The number of rotatable bonds is 16. The molecule has 0 saturated carbocycles. The summed E-state index contributed by atoms with van der Waals surface area (Å²) in [6, 6.07) is 5.68. The van der Waals surface area contributed by atoms with E-state index < -0.39 is 47.1 Å². The third kappa shape index (κ3) is 12.6. The molecule has 1 fully saturated rings. The molecule has 0 radical (unpaired) electrons. The number of β-amino-alcohol motifs (C(OH)–C–C–N with tert-alkyl or cyclic N) is 1. The standard InChI is InChI=1S/C35H53N5O9S/c1-23-29(50-22-37-23)24-9-11-25(12-10-24)39(8)31(43)27-19-26(41)20-40(27)32(44)30(34(2,3)4)38-28(42)21-48-18-17-47-16-15-46-14-13-36-33(45)49-35(5,6)7/h9-12,22,26-27,30,41H,13-21H2,1-8H3,(H,36,45)(H,38,42)/t26-,27+,30-/m1/s1. The third-order valence-corrected chi connectivity index (χ3v) is 8.73. The van der Waals surface area contributed by atoms with E-state index in [0.717, 1.165) is 16.1 Å². The van der Waals surface area contributed by atoms with Crippen LogP contribution in [-0.4, -0.2) is 122 Å². The summed E-state index contributed by atoms with van der Waals surface area (Å²) >= 11 is 1.55. The first-order valence-electron chi connectivity index (χ1n) is 16.7. The average molecular weight is 720 g/mol. The predicted molar refractivity (Wildman–Crippen MR) is 190 cm³/mol. The largest absolute Gasteiger partial charge is 0.444 e. The van der Waals surface area contributed by atoms with E-state index in [9.17, 15) is 24.3 Å². The van der Waals surface area contributed by atoms with Gasteiger partial charge < -0.3 is 44.5 Å². The second kappa shape index (κ2) is 18.6. The van der Waals surface area contributed by atoms with Crippen LogP contribution in [0.25, 0.3) is 10.4 Å². The molecule has 0 spiro atoms. The van der Waals surface area contributed by atoms with Crippen LogP contribution in [0.1, 0.15) is 53.7 Å². The zero-order valence-corrected chi connectivity index (χ0v) is 31.3. The summed E-state index contributed by atoms with van der Waals surface area (Å²) in [5.74, 6) is -1.27. The van der Waals surface area contributed by atoms with Crippen LogP contribution in [-0.2, 0) is 33.3 Å². The van der Waals surface area contributed by atoms with Gasteiger partial charge in [-0.25, -0.2) is 9.78 Å².